The first-order chi connectivity index (χ1) is 10.5. The van der Waals surface area contributed by atoms with Gasteiger partial charge in [0, 0.05) is 10.8 Å². The lowest BCUT2D eigenvalue weighted by Gasteiger charge is -2.57. The molecule has 2 nitrogen and oxygen atoms in total. The summed E-state index contributed by atoms with van der Waals surface area (Å²) in [6.45, 7) is 33.5. The lowest BCUT2D eigenvalue weighted by molar-refractivity contribution is -0.388. The highest BCUT2D eigenvalue weighted by Crippen LogP contribution is 2.52. The Hall–Kier alpha value is -0.0800. The predicted octanol–water partition coefficient (Wildman–Crippen LogP) is 7.46. The van der Waals surface area contributed by atoms with Crippen molar-refractivity contribution in [2.45, 2.75) is 128 Å². The molecule has 0 rings (SSSR count). The molecule has 2 heteroatoms. The number of ether oxygens (including phenoxy) is 2. The van der Waals surface area contributed by atoms with E-state index in [1.54, 1.807) is 0 Å². The van der Waals surface area contributed by atoms with Crippen molar-refractivity contribution >= 4 is 0 Å². The second kappa shape index (κ2) is 7.15. The first-order valence-electron chi connectivity index (χ1n) is 9.90. The van der Waals surface area contributed by atoms with Crippen molar-refractivity contribution in [3.63, 3.8) is 0 Å². The van der Waals surface area contributed by atoms with Gasteiger partial charge in [-0.1, -0.05) is 83.1 Å². The molecule has 0 N–H and O–H groups in total. The predicted molar refractivity (Wildman–Crippen MR) is 111 cm³/mol. The highest BCUT2D eigenvalue weighted by molar-refractivity contribution is 4.98. The molecule has 1 atom stereocenters. The van der Waals surface area contributed by atoms with Gasteiger partial charge in [-0.05, 0) is 38.0 Å². The van der Waals surface area contributed by atoms with Gasteiger partial charge in [0.25, 0.3) is 0 Å². The Bertz CT molecular complexity index is 399. The minimum Gasteiger partial charge on any atom is -0.345 e. The van der Waals surface area contributed by atoms with Gasteiger partial charge in [0.05, 0.1) is 11.7 Å². The van der Waals surface area contributed by atoms with Gasteiger partial charge >= 0.3 is 0 Å². The van der Waals surface area contributed by atoms with Crippen LogP contribution in [-0.2, 0) is 9.47 Å². The quantitative estimate of drug-likeness (QED) is 0.487. The summed E-state index contributed by atoms with van der Waals surface area (Å²) in [5, 5.41) is 0. The minimum absolute atomic E-state index is 0.0380. The molecule has 0 bridgehead atoms. The highest BCUT2D eigenvalue weighted by atomic mass is 16.7. The first-order valence-corrected chi connectivity index (χ1v) is 9.90. The summed E-state index contributed by atoms with van der Waals surface area (Å²) in [5.41, 5.74) is -0.387. The van der Waals surface area contributed by atoms with E-state index in [0.29, 0.717) is 0 Å². The lowest BCUT2D eigenvalue weighted by Crippen LogP contribution is -2.62. The van der Waals surface area contributed by atoms with Crippen molar-refractivity contribution in [2.75, 3.05) is 0 Å². The molecule has 0 amide bonds. The zero-order chi connectivity index (χ0) is 20.7. The van der Waals surface area contributed by atoms with Gasteiger partial charge in [0.2, 0.25) is 0 Å². The zero-order valence-electron chi connectivity index (χ0n) is 20.1. The van der Waals surface area contributed by atoms with E-state index in [1.807, 2.05) is 0 Å². The Morgan fingerprint density at radius 1 is 0.600 bits per heavy atom. The van der Waals surface area contributed by atoms with Crippen molar-refractivity contribution < 1.29 is 9.47 Å². The molecule has 0 aliphatic heterocycles. The fraction of sp³-hybridized carbons (Fsp3) is 1.00. The van der Waals surface area contributed by atoms with Gasteiger partial charge in [0.15, 0.2) is 5.79 Å². The molecule has 152 valence electrons. The topological polar surface area (TPSA) is 18.5 Å². The lowest BCUT2D eigenvalue weighted by atomic mass is 9.69. The van der Waals surface area contributed by atoms with Crippen LogP contribution in [0.1, 0.15) is 110 Å². The smallest absolute Gasteiger partial charge is 0.178 e. The third-order valence-corrected chi connectivity index (χ3v) is 4.50. The zero-order valence-corrected chi connectivity index (χ0v) is 20.1. The maximum absolute atomic E-state index is 7.06. The van der Waals surface area contributed by atoms with E-state index >= 15 is 0 Å². The van der Waals surface area contributed by atoms with Crippen LogP contribution in [0.5, 0.6) is 0 Å². The molecule has 0 saturated heterocycles. The normalized spacial score (nSPS) is 16.9. The molecule has 1 unspecified atom stereocenters. The summed E-state index contributed by atoms with van der Waals surface area (Å²) in [7, 11) is 0. The van der Waals surface area contributed by atoms with E-state index in [4.69, 9.17) is 9.47 Å². The molecule has 0 saturated carbocycles. The van der Waals surface area contributed by atoms with Gasteiger partial charge in [-0.3, -0.25) is 0 Å². The van der Waals surface area contributed by atoms with Crippen LogP contribution in [-0.4, -0.2) is 17.5 Å². The third kappa shape index (κ3) is 7.21. The van der Waals surface area contributed by atoms with Crippen molar-refractivity contribution in [3.8, 4) is 0 Å². The van der Waals surface area contributed by atoms with Crippen LogP contribution in [0.3, 0.4) is 0 Å². The SMILES string of the molecule is CC(C)(C)CC(OC(OC(C)(C)C)(C(C)(C)C)C(C)(C)C)C(C)(C)C. The number of hydrogen-bond acceptors (Lipinski definition) is 2. The van der Waals surface area contributed by atoms with Crippen molar-refractivity contribution in [1.29, 1.82) is 0 Å². The molecule has 0 aromatic rings. The molecular weight excluding hydrogens is 308 g/mol. The Balaban J connectivity index is 6.29. The molecule has 0 radical (unpaired) electrons. The molecule has 0 aliphatic rings. The summed E-state index contributed by atoms with van der Waals surface area (Å²) in [5.74, 6) is -0.693. The van der Waals surface area contributed by atoms with E-state index in [-0.39, 0.29) is 33.4 Å². The fourth-order valence-electron chi connectivity index (χ4n) is 3.52. The molecule has 0 spiro atoms. The molecule has 0 fully saturated rings. The monoisotopic (exact) mass is 356 g/mol. The standard InChI is InChI=1S/C23H48O2/c1-18(2,3)16-17(19(4,5)6)24-23(20(7,8)9,21(10,11)12)25-22(13,14)15/h17H,16H2,1-15H3. The van der Waals surface area contributed by atoms with Gasteiger partial charge in [-0.15, -0.1) is 0 Å². The average Bonchev–Trinajstić information content (AvgIpc) is 2.18. The molecule has 0 aromatic heterocycles. The summed E-state index contributed by atoms with van der Waals surface area (Å²) in [6, 6.07) is 0. The Morgan fingerprint density at radius 3 is 1.16 bits per heavy atom. The van der Waals surface area contributed by atoms with E-state index in [1.165, 1.54) is 0 Å². The summed E-state index contributed by atoms with van der Waals surface area (Å²) in [4.78, 5) is 0. The van der Waals surface area contributed by atoms with Crippen LogP contribution < -0.4 is 0 Å². The van der Waals surface area contributed by atoms with Gasteiger partial charge in [0.1, 0.15) is 0 Å². The molecule has 0 aliphatic carbocycles. The van der Waals surface area contributed by atoms with Gasteiger partial charge < -0.3 is 9.47 Å². The highest BCUT2D eigenvalue weighted by Gasteiger charge is 2.57. The maximum Gasteiger partial charge on any atom is 0.178 e. The van der Waals surface area contributed by atoms with Crippen LogP contribution in [0.25, 0.3) is 0 Å². The van der Waals surface area contributed by atoms with Crippen molar-refractivity contribution in [3.05, 3.63) is 0 Å². The third-order valence-electron chi connectivity index (χ3n) is 4.50. The molecule has 25 heavy (non-hydrogen) atoms. The second-order valence-corrected chi connectivity index (χ2v) is 13.1. The maximum atomic E-state index is 7.06. The molecule has 0 heterocycles. The van der Waals surface area contributed by atoms with E-state index in [9.17, 15) is 0 Å². The summed E-state index contributed by atoms with van der Waals surface area (Å²) in [6.07, 6.45) is 1.10. The Kier molecular flexibility index (Phi) is 7.13. The molecule has 0 aromatic carbocycles. The van der Waals surface area contributed by atoms with Crippen LogP contribution >= 0.6 is 0 Å². The summed E-state index contributed by atoms with van der Waals surface area (Å²) < 4.78 is 13.8. The summed E-state index contributed by atoms with van der Waals surface area (Å²) >= 11 is 0. The van der Waals surface area contributed by atoms with Gasteiger partial charge in [-0.2, -0.15) is 0 Å². The second-order valence-electron chi connectivity index (χ2n) is 13.1. The van der Waals surface area contributed by atoms with Crippen LogP contribution in [0.4, 0.5) is 0 Å². The van der Waals surface area contributed by atoms with Crippen molar-refractivity contribution in [2.24, 2.45) is 21.7 Å². The average molecular weight is 357 g/mol. The fourth-order valence-corrected chi connectivity index (χ4v) is 3.52. The minimum atomic E-state index is -0.693. The molecular formula is C23H48O2. The number of rotatable bonds is 4. The van der Waals surface area contributed by atoms with E-state index < -0.39 is 5.79 Å². The van der Waals surface area contributed by atoms with E-state index in [2.05, 4.69) is 104 Å². The van der Waals surface area contributed by atoms with Crippen LogP contribution in [0.15, 0.2) is 0 Å². The van der Waals surface area contributed by atoms with Crippen LogP contribution in [0, 0.1) is 21.7 Å². The largest absolute Gasteiger partial charge is 0.345 e. The van der Waals surface area contributed by atoms with E-state index in [0.717, 1.165) is 6.42 Å². The van der Waals surface area contributed by atoms with Gasteiger partial charge in [-0.25, -0.2) is 0 Å². The van der Waals surface area contributed by atoms with Crippen molar-refractivity contribution in [1.82, 2.24) is 0 Å². The Morgan fingerprint density at radius 2 is 0.960 bits per heavy atom. The van der Waals surface area contributed by atoms with Crippen LogP contribution in [0.2, 0.25) is 0 Å². The first kappa shape index (κ1) is 24.9. The number of hydrogen-bond donors (Lipinski definition) is 0. The Labute approximate surface area is 159 Å².